The molecule has 1 aliphatic carbocycles. The van der Waals surface area contributed by atoms with Crippen molar-refractivity contribution in [3.8, 4) is 6.07 Å². The van der Waals surface area contributed by atoms with Crippen LogP contribution in [0, 0.1) is 16.7 Å². The number of nitriles is 1. The summed E-state index contributed by atoms with van der Waals surface area (Å²) in [5.74, 6) is -3.55. The van der Waals surface area contributed by atoms with Gasteiger partial charge in [-0.3, -0.25) is 24.0 Å². The largest absolute Gasteiger partial charge is 0.387 e. The van der Waals surface area contributed by atoms with Crippen molar-refractivity contribution in [1.82, 2.24) is 20.9 Å². The first-order chi connectivity index (χ1) is 24.1. The van der Waals surface area contributed by atoms with E-state index in [0.29, 0.717) is 22.7 Å². The molecule has 270 valence electrons. The number of ketones is 1. The molecule has 51 heavy (non-hydrogen) atoms. The van der Waals surface area contributed by atoms with Crippen molar-refractivity contribution in [2.45, 2.75) is 109 Å². The summed E-state index contributed by atoms with van der Waals surface area (Å²) >= 11 is 6.25. The average molecular weight is 717 g/mol. The molecule has 2 aliphatic heterocycles. The maximum atomic E-state index is 14.7. The van der Waals surface area contributed by atoms with Gasteiger partial charge < -0.3 is 25.7 Å². The van der Waals surface area contributed by atoms with Crippen LogP contribution in [0.4, 0.5) is 0 Å². The minimum Gasteiger partial charge on any atom is -0.387 e. The number of nitrogens with one attached hydrogen (secondary N) is 3. The Morgan fingerprint density at radius 2 is 1.82 bits per heavy atom. The molecule has 3 aliphatic rings. The summed E-state index contributed by atoms with van der Waals surface area (Å²) in [6.45, 7) is 8.99. The van der Waals surface area contributed by atoms with Gasteiger partial charge in [0.05, 0.1) is 30.3 Å². The predicted molar refractivity (Wildman–Crippen MR) is 191 cm³/mol. The number of amides is 4. The molecule has 5 rings (SSSR count). The van der Waals surface area contributed by atoms with Crippen molar-refractivity contribution in [3.05, 3.63) is 70.2 Å². The number of nitrogens with zero attached hydrogens (tertiary/aromatic N) is 3. The molecule has 0 aromatic heterocycles. The second kappa shape index (κ2) is 15.2. The Balaban J connectivity index is 1.43. The van der Waals surface area contributed by atoms with Crippen molar-refractivity contribution in [1.29, 1.82) is 5.26 Å². The van der Waals surface area contributed by atoms with E-state index in [-0.39, 0.29) is 37.4 Å². The lowest BCUT2D eigenvalue weighted by molar-refractivity contribution is -0.144. The second-order valence-electron chi connectivity index (χ2n) is 14.9. The van der Waals surface area contributed by atoms with Crippen LogP contribution < -0.4 is 16.0 Å². The number of Topliss-reactive ketones (excluding diaryl/α,β-unsaturated/α-hetero) is 1. The van der Waals surface area contributed by atoms with Gasteiger partial charge in [0.25, 0.3) is 11.8 Å². The number of hydrogen-bond donors (Lipinski definition) is 3. The van der Waals surface area contributed by atoms with Crippen LogP contribution in [0.2, 0.25) is 5.02 Å². The van der Waals surface area contributed by atoms with Crippen molar-refractivity contribution in [2.24, 2.45) is 10.6 Å². The summed E-state index contributed by atoms with van der Waals surface area (Å²) in [5, 5.41) is 22.6. The third kappa shape index (κ3) is 8.76. The Hall–Kier alpha value is -4.76. The van der Waals surface area contributed by atoms with Crippen molar-refractivity contribution < 1.29 is 28.8 Å². The highest BCUT2D eigenvalue weighted by atomic mass is 35.5. The minimum absolute atomic E-state index is 0.0241. The quantitative estimate of drug-likeness (QED) is 0.273. The van der Waals surface area contributed by atoms with E-state index < -0.39 is 64.5 Å². The lowest BCUT2D eigenvalue weighted by Crippen LogP contribution is -2.59. The highest BCUT2D eigenvalue weighted by molar-refractivity contribution is 6.38. The third-order valence-electron chi connectivity index (χ3n) is 9.56. The van der Waals surface area contributed by atoms with Crippen molar-refractivity contribution in [3.63, 3.8) is 0 Å². The smallest absolute Gasteiger partial charge is 0.289 e. The van der Waals surface area contributed by atoms with Crippen LogP contribution in [0.25, 0.3) is 0 Å². The predicted octanol–water partition coefficient (Wildman–Crippen LogP) is 4.41. The van der Waals surface area contributed by atoms with Gasteiger partial charge in [0.1, 0.15) is 12.1 Å². The zero-order chi connectivity index (χ0) is 37.1. The summed E-state index contributed by atoms with van der Waals surface area (Å²) in [7, 11) is 0. The Bertz CT molecular complexity index is 1780. The molecule has 13 heteroatoms. The number of likely N-dealkylation sites (tertiary alicyclic amines) is 1. The van der Waals surface area contributed by atoms with Crippen molar-refractivity contribution >= 4 is 46.7 Å². The molecule has 2 aromatic rings. The summed E-state index contributed by atoms with van der Waals surface area (Å²) in [5.41, 5.74) is 0.423. The Labute approximate surface area is 303 Å². The molecule has 1 spiro atoms. The topological polar surface area (TPSA) is 170 Å². The normalized spacial score (nSPS) is 21.5. The average Bonchev–Trinajstić information content (AvgIpc) is 3.69. The fourth-order valence-electron chi connectivity index (χ4n) is 6.47. The first-order valence-corrected chi connectivity index (χ1v) is 17.8. The molecule has 5 atom stereocenters. The second-order valence-corrected chi connectivity index (χ2v) is 15.3. The van der Waals surface area contributed by atoms with E-state index in [2.05, 4.69) is 27.2 Å². The van der Waals surface area contributed by atoms with Crippen LogP contribution in [-0.4, -0.2) is 76.3 Å². The monoisotopic (exact) mass is 716 g/mol. The van der Waals surface area contributed by atoms with Crippen LogP contribution in [0.1, 0.15) is 101 Å². The lowest BCUT2D eigenvalue weighted by Gasteiger charge is -2.35. The Morgan fingerprint density at radius 1 is 1.10 bits per heavy atom. The van der Waals surface area contributed by atoms with Crippen LogP contribution in [0.15, 0.2) is 53.7 Å². The van der Waals surface area contributed by atoms with Crippen molar-refractivity contribution in [2.75, 3.05) is 6.54 Å². The molecule has 3 N–H and O–H groups in total. The molecule has 1 saturated carbocycles. The van der Waals surface area contributed by atoms with Crippen LogP contribution in [0.3, 0.4) is 0 Å². The van der Waals surface area contributed by atoms with Gasteiger partial charge in [-0.05, 0) is 61.4 Å². The molecule has 1 saturated heterocycles. The van der Waals surface area contributed by atoms with Gasteiger partial charge in [-0.25, -0.2) is 0 Å². The van der Waals surface area contributed by atoms with Gasteiger partial charge in [0, 0.05) is 35.0 Å². The number of carbonyl (C=O) groups excluding carboxylic acids is 5. The molecule has 0 bridgehead atoms. The van der Waals surface area contributed by atoms with Crippen LogP contribution in [-0.2, 0) is 24.0 Å². The molecule has 2 heterocycles. The summed E-state index contributed by atoms with van der Waals surface area (Å²) in [4.78, 5) is 75.8. The van der Waals surface area contributed by atoms with Gasteiger partial charge in [-0.15, -0.1) is 0 Å². The van der Waals surface area contributed by atoms with E-state index in [4.69, 9.17) is 16.4 Å². The molecule has 2 aromatic carbocycles. The maximum absolute atomic E-state index is 14.7. The molecule has 0 unspecified atom stereocenters. The Kier molecular flexibility index (Phi) is 11.2. The van der Waals surface area contributed by atoms with E-state index in [1.54, 1.807) is 49.4 Å². The first-order valence-electron chi connectivity index (χ1n) is 17.4. The highest BCUT2D eigenvalue weighted by Gasteiger charge is 2.55. The fourth-order valence-corrected chi connectivity index (χ4v) is 6.66. The molecular formula is C38H45ClN6O6. The maximum Gasteiger partial charge on any atom is 0.289 e. The molecule has 2 fully saturated rings. The zero-order valence-corrected chi connectivity index (χ0v) is 30.4. The number of rotatable bonds is 12. The van der Waals surface area contributed by atoms with Gasteiger partial charge in [0.2, 0.25) is 17.6 Å². The number of hydrogen-bond acceptors (Lipinski definition) is 8. The van der Waals surface area contributed by atoms with E-state index in [0.717, 1.165) is 18.4 Å². The lowest BCUT2D eigenvalue weighted by atomic mass is 9.85. The number of carbonyl (C=O) groups is 5. The zero-order valence-electron chi connectivity index (χ0n) is 29.6. The number of oxime groups is 1. The van der Waals surface area contributed by atoms with Crippen LogP contribution in [0.5, 0.6) is 0 Å². The van der Waals surface area contributed by atoms with Gasteiger partial charge in [0.15, 0.2) is 5.60 Å². The molecule has 4 amide bonds. The Morgan fingerprint density at radius 3 is 2.47 bits per heavy atom. The standard InChI is InChI=1S/C38H45ClN6O6/c1-6-9-28(31(46)35(49)41-27-14-15-27)42-34(48)30-19-38(18-29(44-51-38)24-11-8-13-26(39)17-24)21-45(30)36(50)32(37(3,4)5)43-33(47)25-12-7-10-23(16-25)22(2)20-40/h7-8,10-13,16-17,22,27-28,30,32H,6,9,14-15,18-19,21H2,1-5H3,(H,41,49)(H,42,48)(H,43,47)/t22-,28-,30-,32+,38+/m0/s1. The number of halogens is 1. The van der Waals surface area contributed by atoms with Gasteiger partial charge in [-0.1, -0.05) is 75.1 Å². The van der Waals surface area contributed by atoms with E-state index in [1.165, 1.54) is 4.90 Å². The number of benzene rings is 2. The molecule has 0 radical (unpaired) electrons. The van der Waals surface area contributed by atoms with Crippen LogP contribution >= 0.6 is 11.6 Å². The minimum atomic E-state index is -1.10. The fraction of sp³-hybridized carbons (Fsp3) is 0.500. The summed E-state index contributed by atoms with van der Waals surface area (Å²) in [6.07, 6.45) is 2.70. The summed E-state index contributed by atoms with van der Waals surface area (Å²) < 4.78 is 0. The van der Waals surface area contributed by atoms with E-state index in [1.807, 2.05) is 33.8 Å². The molecule has 12 nitrogen and oxygen atoms in total. The summed E-state index contributed by atoms with van der Waals surface area (Å²) in [6, 6.07) is 12.7. The van der Waals surface area contributed by atoms with Gasteiger partial charge >= 0.3 is 0 Å². The van der Waals surface area contributed by atoms with Gasteiger partial charge in [-0.2, -0.15) is 5.26 Å². The first kappa shape index (κ1) is 37.5. The third-order valence-corrected chi connectivity index (χ3v) is 9.80. The SMILES string of the molecule is CCC[C@H](NC(=O)[C@@H]1C[C@]2(CC(c3cccc(Cl)c3)=NO2)CN1C(=O)[C@@H](NC(=O)c1cccc([C@@H](C)C#N)c1)C(C)(C)C)C(=O)C(=O)NC1CC1. The van der Waals surface area contributed by atoms with E-state index >= 15 is 0 Å². The highest BCUT2D eigenvalue weighted by Crippen LogP contribution is 2.40. The van der Waals surface area contributed by atoms with E-state index in [9.17, 15) is 29.2 Å². The molecular weight excluding hydrogens is 672 g/mol.